The predicted molar refractivity (Wildman–Crippen MR) is 102 cm³/mol. The van der Waals surface area contributed by atoms with Gasteiger partial charge in [0.05, 0.1) is 0 Å². The van der Waals surface area contributed by atoms with E-state index in [2.05, 4.69) is 16.8 Å². The molecule has 8 heteroatoms. The number of carbonyl (C=O) groups is 2. The molecular formula is C19H18N4O3S. The van der Waals surface area contributed by atoms with Crippen molar-refractivity contribution < 1.29 is 14.7 Å². The molecule has 2 heterocycles. The third-order valence-electron chi connectivity index (χ3n) is 5.30. The fourth-order valence-electron chi connectivity index (χ4n) is 3.88. The van der Waals surface area contributed by atoms with E-state index in [4.69, 9.17) is 11.5 Å². The molecule has 5 N–H and O–H groups in total. The predicted octanol–water partition coefficient (Wildman–Crippen LogP) is 0.680. The molecule has 2 fully saturated rings. The Bertz CT molecular complexity index is 1040. The van der Waals surface area contributed by atoms with Crippen molar-refractivity contribution in [2.75, 3.05) is 12.8 Å². The van der Waals surface area contributed by atoms with E-state index in [0.717, 1.165) is 16.9 Å². The largest absolute Gasteiger partial charge is 0.389 e. The van der Waals surface area contributed by atoms with Gasteiger partial charge in [-0.2, -0.15) is 0 Å². The number of likely N-dealkylation sites (N-methyl/N-ethyl adjacent to an activating group) is 1. The zero-order valence-electron chi connectivity index (χ0n) is 14.8. The standard InChI is InChI=1S/C19H18N4O3S/c1-9-12-14(9)23(2)18(25)19(12,26)7-6-10-4-3-5-11(8-10)17-22-13(15(20)24)16(21)27-17/h3-5,8-9,12,14,26H,21H2,1-2H3,(H2,20,24)/t9-,12?,14?,19?/m1/s1. The highest BCUT2D eigenvalue weighted by molar-refractivity contribution is 7.19. The summed E-state index contributed by atoms with van der Waals surface area (Å²) in [7, 11) is 1.70. The SMILES string of the molecule is C[C@H]1C2C1C(O)(C#Cc1cccc(-c3nc(C(N)=O)c(N)s3)c1)C(=O)N2C. The monoisotopic (exact) mass is 382 g/mol. The Kier molecular flexibility index (Phi) is 3.77. The Balaban J connectivity index is 1.65. The summed E-state index contributed by atoms with van der Waals surface area (Å²) < 4.78 is 0. The minimum atomic E-state index is -1.64. The number of amides is 2. The number of carbonyl (C=O) groups excluding carboxylic acids is 2. The summed E-state index contributed by atoms with van der Waals surface area (Å²) >= 11 is 1.16. The number of benzene rings is 1. The first kappa shape index (κ1) is 17.5. The molecule has 2 aliphatic rings. The lowest BCUT2D eigenvalue weighted by Gasteiger charge is -2.21. The number of hydrogen-bond donors (Lipinski definition) is 3. The van der Waals surface area contributed by atoms with E-state index >= 15 is 0 Å². The molecule has 2 amide bonds. The first-order valence-electron chi connectivity index (χ1n) is 8.43. The number of aliphatic hydroxyl groups is 1. The van der Waals surface area contributed by atoms with Crippen LogP contribution in [0.4, 0.5) is 5.00 Å². The van der Waals surface area contributed by atoms with Crippen LogP contribution in [0.1, 0.15) is 23.0 Å². The van der Waals surface area contributed by atoms with E-state index in [1.165, 1.54) is 0 Å². The molecule has 1 aromatic carbocycles. The number of likely N-dealkylation sites (tertiary alicyclic amines) is 1. The molecule has 2 aromatic rings. The zero-order valence-corrected chi connectivity index (χ0v) is 15.6. The maximum Gasteiger partial charge on any atom is 0.270 e. The average molecular weight is 382 g/mol. The van der Waals surface area contributed by atoms with Gasteiger partial charge in [0, 0.05) is 30.1 Å². The molecule has 3 unspecified atom stereocenters. The van der Waals surface area contributed by atoms with Crippen molar-refractivity contribution in [1.82, 2.24) is 9.88 Å². The quantitative estimate of drug-likeness (QED) is 0.659. The number of thiazole rings is 1. The number of hydrogen-bond acceptors (Lipinski definition) is 6. The number of anilines is 1. The van der Waals surface area contributed by atoms with Crippen LogP contribution in [-0.2, 0) is 4.79 Å². The van der Waals surface area contributed by atoms with Gasteiger partial charge in [0.2, 0.25) is 5.60 Å². The van der Waals surface area contributed by atoms with E-state index in [9.17, 15) is 14.7 Å². The Labute approximate surface area is 160 Å². The highest BCUT2D eigenvalue weighted by Crippen LogP contribution is 2.55. The van der Waals surface area contributed by atoms with Gasteiger partial charge in [-0.25, -0.2) is 4.98 Å². The summed E-state index contributed by atoms with van der Waals surface area (Å²) in [6.07, 6.45) is 0. The second-order valence-electron chi connectivity index (χ2n) is 6.98. The van der Waals surface area contributed by atoms with E-state index in [0.29, 0.717) is 10.6 Å². The first-order chi connectivity index (χ1) is 12.7. The van der Waals surface area contributed by atoms with Gasteiger partial charge in [-0.05, 0) is 18.1 Å². The summed E-state index contributed by atoms with van der Waals surface area (Å²) in [5.41, 5.74) is 10.8. The minimum Gasteiger partial charge on any atom is -0.389 e. The van der Waals surface area contributed by atoms with Gasteiger partial charge in [0.25, 0.3) is 11.8 Å². The van der Waals surface area contributed by atoms with Crippen LogP contribution < -0.4 is 11.5 Å². The van der Waals surface area contributed by atoms with Gasteiger partial charge in [0.15, 0.2) is 5.69 Å². The Hall–Kier alpha value is -2.89. The van der Waals surface area contributed by atoms with Crippen LogP contribution in [0.5, 0.6) is 0 Å². The first-order valence-corrected chi connectivity index (χ1v) is 9.25. The zero-order chi connectivity index (χ0) is 19.5. The van der Waals surface area contributed by atoms with Crippen LogP contribution in [0.3, 0.4) is 0 Å². The maximum absolute atomic E-state index is 12.3. The van der Waals surface area contributed by atoms with E-state index < -0.39 is 11.5 Å². The Morgan fingerprint density at radius 1 is 1.44 bits per heavy atom. The fourth-order valence-corrected chi connectivity index (χ4v) is 4.71. The molecule has 0 radical (unpaired) electrons. The van der Waals surface area contributed by atoms with Gasteiger partial charge >= 0.3 is 0 Å². The third-order valence-corrected chi connectivity index (χ3v) is 6.24. The maximum atomic E-state index is 12.3. The number of nitrogens with two attached hydrogens (primary N) is 2. The highest BCUT2D eigenvalue weighted by Gasteiger charge is 2.70. The van der Waals surface area contributed by atoms with Crippen molar-refractivity contribution in [3.63, 3.8) is 0 Å². The van der Waals surface area contributed by atoms with Crippen molar-refractivity contribution in [2.24, 2.45) is 17.6 Å². The van der Waals surface area contributed by atoms with Crippen molar-refractivity contribution in [2.45, 2.75) is 18.6 Å². The van der Waals surface area contributed by atoms with Gasteiger partial charge in [-0.1, -0.05) is 42.2 Å². The molecule has 4 rings (SSSR count). The summed E-state index contributed by atoms with van der Waals surface area (Å²) in [6, 6.07) is 7.22. The summed E-state index contributed by atoms with van der Waals surface area (Å²) in [5.74, 6) is 4.77. The Morgan fingerprint density at radius 3 is 2.81 bits per heavy atom. The topological polar surface area (TPSA) is 123 Å². The van der Waals surface area contributed by atoms with E-state index in [1.807, 2.05) is 13.0 Å². The minimum absolute atomic E-state index is 0.0501. The summed E-state index contributed by atoms with van der Waals surface area (Å²) in [4.78, 5) is 29.4. The van der Waals surface area contributed by atoms with Crippen molar-refractivity contribution in [1.29, 1.82) is 0 Å². The molecule has 4 atom stereocenters. The van der Waals surface area contributed by atoms with Gasteiger partial charge in [-0.3, -0.25) is 9.59 Å². The average Bonchev–Trinajstić information content (AvgIpc) is 3.07. The van der Waals surface area contributed by atoms with E-state index in [1.54, 1.807) is 30.1 Å². The van der Waals surface area contributed by atoms with Crippen LogP contribution in [0, 0.1) is 23.7 Å². The van der Waals surface area contributed by atoms with Crippen LogP contribution in [0.2, 0.25) is 0 Å². The molecular weight excluding hydrogens is 364 g/mol. The lowest BCUT2D eigenvalue weighted by atomic mass is 9.96. The Morgan fingerprint density at radius 2 is 2.19 bits per heavy atom. The number of nitrogens with zero attached hydrogens (tertiary/aromatic N) is 2. The summed E-state index contributed by atoms with van der Waals surface area (Å²) in [6.45, 7) is 2.01. The third kappa shape index (κ3) is 2.59. The van der Waals surface area contributed by atoms with Crippen molar-refractivity contribution in [3.8, 4) is 22.4 Å². The molecule has 1 saturated carbocycles. The number of primary amides is 1. The molecule has 0 spiro atoms. The second-order valence-corrected chi connectivity index (χ2v) is 8.02. The molecule has 138 valence electrons. The molecule has 0 bridgehead atoms. The lowest BCUT2D eigenvalue weighted by Crippen LogP contribution is -2.43. The molecule has 1 saturated heterocycles. The number of fused-ring (bicyclic) bond motifs is 1. The smallest absolute Gasteiger partial charge is 0.270 e. The van der Waals surface area contributed by atoms with Crippen LogP contribution >= 0.6 is 11.3 Å². The second kappa shape index (κ2) is 5.81. The van der Waals surface area contributed by atoms with Gasteiger partial charge in [-0.15, -0.1) is 0 Å². The molecule has 1 aromatic heterocycles. The van der Waals surface area contributed by atoms with Gasteiger partial charge < -0.3 is 21.5 Å². The van der Waals surface area contributed by atoms with Crippen LogP contribution in [0.15, 0.2) is 24.3 Å². The van der Waals surface area contributed by atoms with Crippen molar-refractivity contribution in [3.05, 3.63) is 35.5 Å². The van der Waals surface area contributed by atoms with Crippen LogP contribution in [-0.4, -0.2) is 45.5 Å². The molecule has 27 heavy (non-hydrogen) atoms. The molecule has 1 aliphatic carbocycles. The number of aromatic nitrogens is 1. The summed E-state index contributed by atoms with van der Waals surface area (Å²) in [5, 5.41) is 11.6. The van der Waals surface area contributed by atoms with Gasteiger partial charge in [0.1, 0.15) is 10.0 Å². The molecule has 7 nitrogen and oxygen atoms in total. The molecule has 1 aliphatic heterocycles. The normalized spacial score (nSPS) is 28.5. The fraction of sp³-hybridized carbons (Fsp3) is 0.316. The van der Waals surface area contributed by atoms with Crippen LogP contribution in [0.25, 0.3) is 10.6 Å². The highest BCUT2D eigenvalue weighted by atomic mass is 32.1. The van der Waals surface area contributed by atoms with Crippen molar-refractivity contribution >= 4 is 28.2 Å². The number of nitrogen functional groups attached to an aromatic ring is 1. The number of rotatable bonds is 2. The lowest BCUT2D eigenvalue weighted by molar-refractivity contribution is -0.141. The number of piperidine rings is 1. The van der Waals surface area contributed by atoms with E-state index in [-0.39, 0.29) is 34.5 Å².